The number of likely N-dealkylation sites (tertiary alicyclic amines) is 1. The second-order valence-corrected chi connectivity index (χ2v) is 7.77. The molecule has 2 heterocycles. The van der Waals surface area contributed by atoms with Crippen LogP contribution in [0.3, 0.4) is 0 Å². The Morgan fingerprint density at radius 3 is 2.57 bits per heavy atom. The quantitative estimate of drug-likeness (QED) is 0.864. The molecule has 1 amide bonds. The number of nitrogens with zero attached hydrogens (tertiary/aromatic N) is 1. The second-order valence-electron chi connectivity index (χ2n) is 7.77. The number of hydrogen-bond acceptors (Lipinski definition) is 2. The van der Waals surface area contributed by atoms with Crippen LogP contribution in [-0.4, -0.2) is 37.0 Å². The molecule has 0 radical (unpaired) electrons. The summed E-state index contributed by atoms with van der Waals surface area (Å²) in [5, 5.41) is 3.38. The number of carbonyl (C=O) groups excluding carboxylic acids is 1. The van der Waals surface area contributed by atoms with Gasteiger partial charge in [-0.1, -0.05) is 20.8 Å². The molecule has 3 nitrogen and oxygen atoms in total. The van der Waals surface area contributed by atoms with E-state index in [1.54, 1.807) is 0 Å². The lowest BCUT2D eigenvalue weighted by atomic mass is 9.77. The Hall–Kier alpha value is -0.280. The number of carbonyl (C=O) groups is 1. The van der Waals surface area contributed by atoms with Gasteiger partial charge < -0.3 is 10.2 Å². The lowest BCUT2D eigenvalue weighted by molar-refractivity contribution is -0.131. The zero-order valence-electron chi connectivity index (χ0n) is 14.0. The van der Waals surface area contributed by atoms with E-state index in [9.17, 15) is 4.79 Å². The number of halogens is 1. The van der Waals surface area contributed by atoms with E-state index in [-0.39, 0.29) is 12.4 Å². The Morgan fingerprint density at radius 1 is 1.19 bits per heavy atom. The summed E-state index contributed by atoms with van der Waals surface area (Å²) in [6, 6.07) is 0. The highest BCUT2D eigenvalue weighted by molar-refractivity contribution is 5.85. The van der Waals surface area contributed by atoms with Crippen LogP contribution in [0, 0.1) is 17.3 Å². The monoisotopic (exact) mass is 316 g/mol. The summed E-state index contributed by atoms with van der Waals surface area (Å²) in [4.78, 5) is 14.5. The molecule has 2 atom stereocenters. The first-order valence-electron chi connectivity index (χ1n) is 8.45. The Labute approximate surface area is 136 Å². The SMILES string of the molecule is CC(C)(C)C1CCCN(C(=O)CCC2CCNC2)CC1.Cl. The molecule has 0 aliphatic carbocycles. The zero-order chi connectivity index (χ0) is 14.6. The van der Waals surface area contributed by atoms with Crippen molar-refractivity contribution in [2.24, 2.45) is 17.3 Å². The highest BCUT2D eigenvalue weighted by Crippen LogP contribution is 2.34. The van der Waals surface area contributed by atoms with Crippen molar-refractivity contribution in [3.05, 3.63) is 0 Å². The maximum absolute atomic E-state index is 12.4. The Balaban J connectivity index is 0.00000220. The molecular formula is C17H33ClN2O. The first-order chi connectivity index (χ1) is 9.47. The van der Waals surface area contributed by atoms with Gasteiger partial charge in [0, 0.05) is 19.5 Å². The summed E-state index contributed by atoms with van der Waals surface area (Å²) in [7, 11) is 0. The van der Waals surface area contributed by atoms with Crippen LogP contribution >= 0.6 is 12.4 Å². The molecule has 0 saturated carbocycles. The van der Waals surface area contributed by atoms with Crippen molar-refractivity contribution in [1.82, 2.24) is 10.2 Å². The highest BCUT2D eigenvalue weighted by Gasteiger charge is 2.28. The highest BCUT2D eigenvalue weighted by atomic mass is 35.5. The number of amides is 1. The van der Waals surface area contributed by atoms with Gasteiger partial charge in [0.05, 0.1) is 0 Å². The predicted octanol–water partition coefficient (Wildman–Crippen LogP) is 3.47. The van der Waals surface area contributed by atoms with Gasteiger partial charge >= 0.3 is 0 Å². The van der Waals surface area contributed by atoms with Crippen molar-refractivity contribution in [2.45, 2.75) is 59.3 Å². The minimum atomic E-state index is 0. The first kappa shape index (κ1) is 18.8. The molecule has 1 N–H and O–H groups in total. The molecule has 4 heteroatoms. The molecule has 2 unspecified atom stereocenters. The summed E-state index contributed by atoms with van der Waals surface area (Å²) >= 11 is 0. The lowest BCUT2D eigenvalue weighted by Crippen LogP contribution is -2.32. The third-order valence-corrected chi connectivity index (χ3v) is 5.23. The second kappa shape index (κ2) is 8.38. The molecule has 2 aliphatic rings. The molecule has 0 bridgehead atoms. The predicted molar refractivity (Wildman–Crippen MR) is 90.8 cm³/mol. The molecule has 0 aromatic rings. The van der Waals surface area contributed by atoms with Crippen LogP contribution in [0.15, 0.2) is 0 Å². The van der Waals surface area contributed by atoms with E-state index in [2.05, 4.69) is 31.0 Å². The van der Waals surface area contributed by atoms with Crippen molar-refractivity contribution < 1.29 is 4.79 Å². The Kier molecular flexibility index (Phi) is 7.49. The molecule has 2 fully saturated rings. The summed E-state index contributed by atoms with van der Waals surface area (Å²) in [5.41, 5.74) is 0.384. The Morgan fingerprint density at radius 2 is 1.95 bits per heavy atom. The molecule has 2 rings (SSSR count). The summed E-state index contributed by atoms with van der Waals surface area (Å²) in [6.07, 6.45) is 6.72. The van der Waals surface area contributed by atoms with Crippen molar-refractivity contribution >= 4 is 18.3 Å². The normalized spacial score (nSPS) is 27.1. The third-order valence-electron chi connectivity index (χ3n) is 5.23. The average molecular weight is 317 g/mol. The zero-order valence-corrected chi connectivity index (χ0v) is 14.8. The van der Waals surface area contributed by atoms with Crippen molar-refractivity contribution in [3.8, 4) is 0 Å². The smallest absolute Gasteiger partial charge is 0.222 e. The molecule has 0 aromatic heterocycles. The van der Waals surface area contributed by atoms with Crippen molar-refractivity contribution in [2.75, 3.05) is 26.2 Å². The minimum Gasteiger partial charge on any atom is -0.343 e. The van der Waals surface area contributed by atoms with E-state index >= 15 is 0 Å². The minimum absolute atomic E-state index is 0. The van der Waals surface area contributed by atoms with Crippen molar-refractivity contribution in [1.29, 1.82) is 0 Å². The van der Waals surface area contributed by atoms with E-state index in [0.717, 1.165) is 50.9 Å². The molecule has 21 heavy (non-hydrogen) atoms. The lowest BCUT2D eigenvalue weighted by Gasteiger charge is -2.29. The molecule has 0 spiro atoms. The van der Waals surface area contributed by atoms with E-state index in [1.807, 2.05) is 0 Å². The Bertz CT molecular complexity index is 321. The van der Waals surface area contributed by atoms with Gasteiger partial charge in [-0.25, -0.2) is 0 Å². The van der Waals surface area contributed by atoms with E-state index in [4.69, 9.17) is 0 Å². The fraction of sp³-hybridized carbons (Fsp3) is 0.941. The third kappa shape index (κ3) is 5.78. The van der Waals surface area contributed by atoms with Gasteiger partial charge in [-0.2, -0.15) is 0 Å². The van der Waals surface area contributed by atoms with Gasteiger partial charge in [0.15, 0.2) is 0 Å². The van der Waals surface area contributed by atoms with Gasteiger partial charge in [0.25, 0.3) is 0 Å². The van der Waals surface area contributed by atoms with Crippen LogP contribution in [-0.2, 0) is 4.79 Å². The fourth-order valence-electron chi connectivity index (χ4n) is 3.66. The molecule has 2 aliphatic heterocycles. The van der Waals surface area contributed by atoms with E-state index in [1.165, 1.54) is 25.7 Å². The van der Waals surface area contributed by atoms with Crippen LogP contribution in [0.1, 0.15) is 59.3 Å². The number of nitrogens with one attached hydrogen (secondary N) is 1. The van der Waals surface area contributed by atoms with E-state index < -0.39 is 0 Å². The maximum atomic E-state index is 12.4. The van der Waals surface area contributed by atoms with Crippen LogP contribution in [0.2, 0.25) is 0 Å². The number of rotatable bonds is 3. The summed E-state index contributed by atoms with van der Waals surface area (Å²) in [5.74, 6) is 1.89. The van der Waals surface area contributed by atoms with Crippen molar-refractivity contribution in [3.63, 3.8) is 0 Å². The van der Waals surface area contributed by atoms with Gasteiger partial charge in [-0.05, 0) is 62.4 Å². The van der Waals surface area contributed by atoms with Gasteiger partial charge in [-0.3, -0.25) is 4.79 Å². The van der Waals surface area contributed by atoms with Gasteiger partial charge in [0.2, 0.25) is 5.91 Å². The largest absolute Gasteiger partial charge is 0.343 e. The average Bonchev–Trinajstić information content (AvgIpc) is 2.76. The van der Waals surface area contributed by atoms with Gasteiger partial charge in [0.1, 0.15) is 0 Å². The maximum Gasteiger partial charge on any atom is 0.222 e. The van der Waals surface area contributed by atoms with Crippen LogP contribution in [0.25, 0.3) is 0 Å². The van der Waals surface area contributed by atoms with Crippen LogP contribution < -0.4 is 5.32 Å². The van der Waals surface area contributed by atoms with Crippen LogP contribution in [0.5, 0.6) is 0 Å². The standard InChI is InChI=1S/C17H32N2O.ClH/c1-17(2,3)15-5-4-11-19(12-9-15)16(20)7-6-14-8-10-18-13-14;/h14-15,18H,4-13H2,1-3H3;1H. The molecule has 124 valence electrons. The topological polar surface area (TPSA) is 32.3 Å². The number of hydrogen-bond donors (Lipinski definition) is 1. The molecular weight excluding hydrogens is 284 g/mol. The summed E-state index contributed by atoms with van der Waals surface area (Å²) in [6.45, 7) is 11.2. The molecule has 0 aromatic carbocycles. The molecule has 2 saturated heterocycles. The van der Waals surface area contributed by atoms with E-state index in [0.29, 0.717) is 11.3 Å². The van der Waals surface area contributed by atoms with Crippen LogP contribution in [0.4, 0.5) is 0 Å². The first-order valence-corrected chi connectivity index (χ1v) is 8.45. The summed E-state index contributed by atoms with van der Waals surface area (Å²) < 4.78 is 0. The fourth-order valence-corrected chi connectivity index (χ4v) is 3.66. The van der Waals surface area contributed by atoms with Gasteiger partial charge in [-0.15, -0.1) is 12.4 Å².